The Balaban J connectivity index is 0.00000144. The Morgan fingerprint density at radius 1 is 1.47 bits per heavy atom. The summed E-state index contributed by atoms with van der Waals surface area (Å²) in [5.41, 5.74) is 6.04. The fourth-order valence-corrected chi connectivity index (χ4v) is 2.05. The van der Waals surface area contributed by atoms with Crippen molar-refractivity contribution in [2.24, 2.45) is 5.73 Å². The van der Waals surface area contributed by atoms with Crippen molar-refractivity contribution < 1.29 is 9.13 Å². The van der Waals surface area contributed by atoms with Gasteiger partial charge in [-0.3, -0.25) is 0 Å². The molecule has 1 aromatic carbocycles. The van der Waals surface area contributed by atoms with E-state index in [0.717, 1.165) is 10.2 Å². The molecule has 0 radical (unpaired) electrons. The predicted octanol–water partition coefficient (Wildman–Crippen LogP) is 2.91. The molecule has 6 heteroatoms. The monoisotopic (exact) mass is 274 g/mol. The molecule has 0 saturated heterocycles. The molecule has 0 bridgehead atoms. The van der Waals surface area contributed by atoms with Gasteiger partial charge in [0.1, 0.15) is 12.4 Å². The summed E-state index contributed by atoms with van der Waals surface area (Å²) in [5, 5.41) is 0.474. The molecule has 17 heavy (non-hydrogen) atoms. The summed E-state index contributed by atoms with van der Waals surface area (Å²) in [5.74, 6) is -0.373. The van der Waals surface area contributed by atoms with Crippen LogP contribution in [0.2, 0.25) is 0 Å². The van der Waals surface area contributed by atoms with E-state index in [-0.39, 0.29) is 31.4 Å². The summed E-state index contributed by atoms with van der Waals surface area (Å²) in [6.07, 6.45) is 1.29. The van der Waals surface area contributed by atoms with Gasteiger partial charge in [-0.25, -0.2) is 9.37 Å². The lowest BCUT2D eigenvalue weighted by Crippen LogP contribution is -2.01. The zero-order valence-electron chi connectivity index (χ0n) is 8.93. The van der Waals surface area contributed by atoms with Crippen molar-refractivity contribution in [1.29, 1.82) is 0 Å². The van der Waals surface area contributed by atoms with E-state index < -0.39 is 0 Å². The van der Waals surface area contributed by atoms with Crippen LogP contribution in [0.5, 0.6) is 5.19 Å². The van der Waals surface area contributed by atoms with E-state index >= 15 is 0 Å². The predicted molar refractivity (Wildman–Crippen MR) is 70.6 cm³/mol. The number of para-hydroxylation sites is 1. The highest BCUT2D eigenvalue weighted by molar-refractivity contribution is 7.20. The third-order valence-electron chi connectivity index (χ3n) is 1.95. The smallest absolute Gasteiger partial charge is 0.274 e. The minimum atomic E-state index is -0.373. The molecule has 1 heterocycles. The van der Waals surface area contributed by atoms with Crippen molar-refractivity contribution in [2.45, 2.75) is 0 Å². The maximum absolute atomic E-state index is 13.0. The van der Waals surface area contributed by atoms with Crippen molar-refractivity contribution in [1.82, 2.24) is 4.98 Å². The highest BCUT2D eigenvalue weighted by atomic mass is 35.5. The van der Waals surface area contributed by atoms with Gasteiger partial charge < -0.3 is 10.5 Å². The summed E-state index contributed by atoms with van der Waals surface area (Å²) in [7, 11) is 0. The molecule has 92 valence electrons. The van der Waals surface area contributed by atoms with Crippen LogP contribution in [-0.4, -0.2) is 18.1 Å². The normalized spacial score (nSPS) is 11.3. The third kappa shape index (κ3) is 3.66. The molecule has 2 aromatic rings. The molecule has 0 aliphatic carbocycles. The molecule has 0 fully saturated rings. The fourth-order valence-electron chi connectivity index (χ4n) is 1.23. The Hall–Kier alpha value is -1.17. The largest absolute Gasteiger partial charge is 0.463 e. The number of nitrogens with zero attached hydrogens (tertiary/aromatic N) is 1. The van der Waals surface area contributed by atoms with E-state index in [1.54, 1.807) is 0 Å². The summed E-state index contributed by atoms with van der Waals surface area (Å²) in [6.45, 7) is 0.0616. The van der Waals surface area contributed by atoms with E-state index in [1.165, 1.54) is 17.4 Å². The number of nitrogens with two attached hydrogens (primary N) is 1. The number of benzene rings is 1. The molecular formula is C11H12ClFN2OS. The molecule has 2 N–H and O–H groups in total. The van der Waals surface area contributed by atoms with Crippen molar-refractivity contribution in [2.75, 3.05) is 13.2 Å². The molecule has 0 aliphatic heterocycles. The van der Waals surface area contributed by atoms with Gasteiger partial charge in [0.25, 0.3) is 5.19 Å². The van der Waals surface area contributed by atoms with Crippen molar-refractivity contribution in [3.8, 4) is 5.19 Å². The molecule has 0 atom stereocenters. The van der Waals surface area contributed by atoms with Gasteiger partial charge in [0.15, 0.2) is 0 Å². The van der Waals surface area contributed by atoms with Gasteiger partial charge >= 0.3 is 0 Å². The van der Waals surface area contributed by atoms with Crippen molar-refractivity contribution in [3.63, 3.8) is 0 Å². The topological polar surface area (TPSA) is 48.1 Å². The minimum Gasteiger partial charge on any atom is -0.463 e. The van der Waals surface area contributed by atoms with Gasteiger partial charge in [-0.2, -0.15) is 0 Å². The first-order valence-corrected chi connectivity index (χ1v) is 5.64. The lowest BCUT2D eigenvalue weighted by atomic mass is 10.3. The van der Waals surface area contributed by atoms with Crippen LogP contribution in [0.3, 0.4) is 0 Å². The molecule has 0 spiro atoms. The van der Waals surface area contributed by atoms with Gasteiger partial charge in [0.05, 0.1) is 10.2 Å². The molecule has 0 unspecified atom stereocenters. The van der Waals surface area contributed by atoms with Crippen LogP contribution in [0.1, 0.15) is 0 Å². The average Bonchev–Trinajstić information content (AvgIpc) is 2.69. The van der Waals surface area contributed by atoms with Crippen LogP contribution in [-0.2, 0) is 0 Å². The summed E-state index contributed by atoms with van der Waals surface area (Å²) >= 11 is 1.40. The van der Waals surface area contributed by atoms with Gasteiger partial charge in [0, 0.05) is 6.54 Å². The number of hydrogen-bond donors (Lipinski definition) is 1. The van der Waals surface area contributed by atoms with Crippen LogP contribution < -0.4 is 10.5 Å². The number of hydrogen-bond acceptors (Lipinski definition) is 4. The maximum Gasteiger partial charge on any atom is 0.274 e. The first kappa shape index (κ1) is 13.9. The van der Waals surface area contributed by atoms with E-state index in [9.17, 15) is 4.39 Å². The average molecular weight is 275 g/mol. The fraction of sp³-hybridized carbons (Fsp3) is 0.182. The first-order valence-electron chi connectivity index (χ1n) is 4.82. The highest BCUT2D eigenvalue weighted by Crippen LogP contribution is 2.27. The standard InChI is InChI=1S/C11H11FN2OS.ClH/c12-8(5-6-13)7-15-11-14-9-3-1-2-4-10(9)16-11;/h1-5H,6-7,13H2;1H/b8-5-;. The van der Waals surface area contributed by atoms with E-state index in [1.807, 2.05) is 24.3 Å². The summed E-state index contributed by atoms with van der Waals surface area (Å²) < 4.78 is 19.2. The number of ether oxygens (including phenoxy) is 1. The number of thiazole rings is 1. The second kappa shape index (κ2) is 6.54. The van der Waals surface area contributed by atoms with Crippen LogP contribution in [0.4, 0.5) is 4.39 Å². The molecule has 1 aromatic heterocycles. The molecule has 2 rings (SSSR count). The summed E-state index contributed by atoms with van der Waals surface area (Å²) in [6, 6.07) is 7.68. The second-order valence-corrected chi connectivity index (χ2v) is 4.12. The Labute approximate surface area is 109 Å². The first-order chi connectivity index (χ1) is 7.79. The number of fused-ring (bicyclic) bond motifs is 1. The van der Waals surface area contributed by atoms with Gasteiger partial charge in [-0.1, -0.05) is 23.5 Å². The van der Waals surface area contributed by atoms with Crippen molar-refractivity contribution >= 4 is 34.0 Å². The SMILES string of the molecule is Cl.NC/C=C(\F)COc1nc2ccccc2s1. The van der Waals surface area contributed by atoms with Gasteiger partial charge in [-0.15, -0.1) is 12.4 Å². The lowest BCUT2D eigenvalue weighted by molar-refractivity contribution is 0.317. The third-order valence-corrected chi connectivity index (χ3v) is 2.90. The van der Waals surface area contributed by atoms with Crippen LogP contribution in [0, 0.1) is 0 Å². The molecule has 3 nitrogen and oxygen atoms in total. The number of aromatic nitrogens is 1. The van der Waals surface area contributed by atoms with Crippen molar-refractivity contribution in [3.05, 3.63) is 36.2 Å². The zero-order valence-corrected chi connectivity index (χ0v) is 10.6. The maximum atomic E-state index is 13.0. The van der Waals surface area contributed by atoms with E-state index in [2.05, 4.69) is 4.98 Å². The molecule has 0 aliphatic rings. The van der Waals surface area contributed by atoms with E-state index in [4.69, 9.17) is 10.5 Å². The highest BCUT2D eigenvalue weighted by Gasteiger charge is 2.04. The lowest BCUT2D eigenvalue weighted by Gasteiger charge is -1.98. The Morgan fingerprint density at radius 3 is 2.94 bits per heavy atom. The number of halogens is 2. The molecule has 0 amide bonds. The van der Waals surface area contributed by atoms with Crippen LogP contribution in [0.15, 0.2) is 36.2 Å². The quantitative estimate of drug-likeness (QED) is 0.933. The van der Waals surface area contributed by atoms with Crippen LogP contribution >= 0.6 is 23.7 Å². The Bertz CT molecular complexity index is 482. The molecule has 0 saturated carbocycles. The number of rotatable bonds is 4. The Morgan fingerprint density at radius 2 is 2.24 bits per heavy atom. The van der Waals surface area contributed by atoms with Gasteiger partial charge in [-0.05, 0) is 18.2 Å². The van der Waals surface area contributed by atoms with E-state index in [0.29, 0.717) is 5.19 Å². The zero-order chi connectivity index (χ0) is 11.4. The minimum absolute atomic E-state index is 0. The summed E-state index contributed by atoms with van der Waals surface area (Å²) in [4.78, 5) is 4.22. The van der Waals surface area contributed by atoms with Crippen LogP contribution in [0.25, 0.3) is 10.2 Å². The molecular weight excluding hydrogens is 263 g/mol. The Kier molecular flexibility index (Phi) is 5.34. The second-order valence-electron chi connectivity index (χ2n) is 3.12. The van der Waals surface area contributed by atoms with Gasteiger partial charge in [0.2, 0.25) is 0 Å².